The SMILES string of the molecule is Cc1ccc(CNCCCN(C(=O)OC(C)(C)C)C2CC2)cn1. The molecule has 1 aliphatic carbocycles. The molecule has 0 unspecified atom stereocenters. The van der Waals surface area contributed by atoms with Gasteiger partial charge in [0, 0.05) is 31.0 Å². The maximum Gasteiger partial charge on any atom is 0.410 e. The van der Waals surface area contributed by atoms with Gasteiger partial charge < -0.3 is 15.0 Å². The summed E-state index contributed by atoms with van der Waals surface area (Å²) in [5.74, 6) is 0. The average Bonchev–Trinajstić information content (AvgIpc) is 3.27. The van der Waals surface area contributed by atoms with Crippen LogP contribution in [0.5, 0.6) is 0 Å². The molecule has 128 valence electrons. The molecule has 5 heteroatoms. The Morgan fingerprint density at radius 3 is 2.70 bits per heavy atom. The van der Waals surface area contributed by atoms with Crippen LogP contribution in [-0.4, -0.2) is 40.7 Å². The topological polar surface area (TPSA) is 54.5 Å². The van der Waals surface area contributed by atoms with Crippen LogP contribution in [0.4, 0.5) is 4.79 Å². The lowest BCUT2D eigenvalue weighted by molar-refractivity contribution is 0.0232. The number of amides is 1. The summed E-state index contributed by atoms with van der Waals surface area (Å²) in [5.41, 5.74) is 1.79. The number of nitrogens with one attached hydrogen (secondary N) is 1. The molecule has 1 saturated carbocycles. The van der Waals surface area contributed by atoms with E-state index in [2.05, 4.69) is 16.4 Å². The first kappa shape index (κ1) is 17.7. The Hall–Kier alpha value is -1.62. The van der Waals surface area contributed by atoms with Crippen LogP contribution in [0.25, 0.3) is 0 Å². The van der Waals surface area contributed by atoms with Crippen LogP contribution in [0.1, 0.15) is 51.3 Å². The number of hydrogen-bond acceptors (Lipinski definition) is 4. The Balaban J connectivity index is 1.68. The van der Waals surface area contributed by atoms with Crippen molar-refractivity contribution in [3.05, 3.63) is 29.6 Å². The van der Waals surface area contributed by atoms with E-state index < -0.39 is 5.60 Å². The molecule has 23 heavy (non-hydrogen) atoms. The third kappa shape index (κ3) is 6.57. The van der Waals surface area contributed by atoms with E-state index >= 15 is 0 Å². The molecule has 1 fully saturated rings. The minimum absolute atomic E-state index is 0.178. The van der Waals surface area contributed by atoms with Gasteiger partial charge in [-0.15, -0.1) is 0 Å². The second kappa shape index (κ2) is 7.77. The first-order valence-corrected chi connectivity index (χ1v) is 8.47. The van der Waals surface area contributed by atoms with Crippen molar-refractivity contribution in [1.29, 1.82) is 0 Å². The summed E-state index contributed by atoms with van der Waals surface area (Å²) in [5, 5.41) is 3.40. The summed E-state index contributed by atoms with van der Waals surface area (Å²) in [6.45, 7) is 10.1. The fourth-order valence-electron chi connectivity index (χ4n) is 2.34. The number of aromatic nitrogens is 1. The van der Waals surface area contributed by atoms with Gasteiger partial charge in [-0.25, -0.2) is 4.79 Å². The molecule has 0 bridgehead atoms. The molecule has 0 aliphatic heterocycles. The smallest absolute Gasteiger partial charge is 0.410 e. The number of carbonyl (C=O) groups excluding carboxylic acids is 1. The molecule has 5 nitrogen and oxygen atoms in total. The van der Waals surface area contributed by atoms with E-state index in [1.807, 2.05) is 44.9 Å². The van der Waals surface area contributed by atoms with Crippen molar-refractivity contribution in [1.82, 2.24) is 15.2 Å². The number of aryl methyl sites for hydroxylation is 1. The molecule has 1 amide bonds. The fourth-order valence-corrected chi connectivity index (χ4v) is 2.34. The summed E-state index contributed by atoms with van der Waals surface area (Å²) < 4.78 is 5.50. The molecule has 1 aromatic heterocycles. The Morgan fingerprint density at radius 2 is 2.13 bits per heavy atom. The molecule has 1 aromatic rings. The van der Waals surface area contributed by atoms with Gasteiger partial charge in [0.05, 0.1) is 0 Å². The zero-order valence-corrected chi connectivity index (χ0v) is 14.8. The van der Waals surface area contributed by atoms with Crippen LogP contribution in [0.15, 0.2) is 18.3 Å². The van der Waals surface area contributed by atoms with Crippen molar-refractivity contribution in [2.75, 3.05) is 13.1 Å². The molecule has 0 spiro atoms. The molecule has 2 rings (SSSR count). The standard InChI is InChI=1S/C18H29N3O2/c1-14-6-7-15(13-20-14)12-19-10-5-11-21(16-8-9-16)17(22)23-18(2,3)4/h6-7,13,16,19H,5,8-12H2,1-4H3. The fraction of sp³-hybridized carbons (Fsp3) is 0.667. The van der Waals surface area contributed by atoms with E-state index in [0.29, 0.717) is 6.04 Å². The quantitative estimate of drug-likeness (QED) is 0.784. The number of carbonyl (C=O) groups is 1. The lowest BCUT2D eigenvalue weighted by atomic mass is 10.2. The summed E-state index contributed by atoms with van der Waals surface area (Å²) in [4.78, 5) is 18.4. The summed E-state index contributed by atoms with van der Waals surface area (Å²) in [6, 6.07) is 4.49. The van der Waals surface area contributed by atoms with E-state index in [0.717, 1.165) is 44.6 Å². The highest BCUT2D eigenvalue weighted by Crippen LogP contribution is 2.28. The first-order valence-electron chi connectivity index (χ1n) is 8.47. The Labute approximate surface area is 139 Å². The molecule has 0 saturated heterocycles. The monoisotopic (exact) mass is 319 g/mol. The minimum atomic E-state index is -0.430. The van der Waals surface area contributed by atoms with Gasteiger partial charge in [0.2, 0.25) is 0 Å². The third-order valence-electron chi connectivity index (χ3n) is 3.67. The normalized spacial score (nSPS) is 14.6. The maximum atomic E-state index is 12.2. The minimum Gasteiger partial charge on any atom is -0.444 e. The Bertz CT molecular complexity index is 504. The zero-order valence-electron chi connectivity index (χ0n) is 14.8. The van der Waals surface area contributed by atoms with Gasteiger partial charge in [-0.3, -0.25) is 4.98 Å². The van der Waals surface area contributed by atoms with Crippen LogP contribution in [0.3, 0.4) is 0 Å². The van der Waals surface area contributed by atoms with Crippen LogP contribution in [0, 0.1) is 6.92 Å². The van der Waals surface area contributed by atoms with Gasteiger partial charge in [-0.1, -0.05) is 6.07 Å². The summed E-state index contributed by atoms with van der Waals surface area (Å²) in [7, 11) is 0. The van der Waals surface area contributed by atoms with Crippen molar-refractivity contribution in [3.8, 4) is 0 Å². The number of ether oxygens (including phenoxy) is 1. The lowest BCUT2D eigenvalue weighted by Gasteiger charge is -2.27. The largest absolute Gasteiger partial charge is 0.444 e. The molecule has 1 aliphatic rings. The van der Waals surface area contributed by atoms with Crippen molar-refractivity contribution >= 4 is 6.09 Å². The molecule has 0 atom stereocenters. The molecular formula is C18H29N3O2. The van der Waals surface area contributed by atoms with Crippen LogP contribution >= 0.6 is 0 Å². The second-order valence-corrected chi connectivity index (χ2v) is 7.24. The van der Waals surface area contributed by atoms with Crippen LogP contribution in [0.2, 0.25) is 0 Å². The average molecular weight is 319 g/mol. The van der Waals surface area contributed by atoms with E-state index in [1.54, 1.807) is 0 Å². The van der Waals surface area contributed by atoms with Crippen molar-refractivity contribution in [3.63, 3.8) is 0 Å². The summed E-state index contributed by atoms with van der Waals surface area (Å²) >= 11 is 0. The summed E-state index contributed by atoms with van der Waals surface area (Å²) in [6.07, 6.45) is 4.85. The van der Waals surface area contributed by atoms with Gasteiger partial charge >= 0.3 is 6.09 Å². The van der Waals surface area contributed by atoms with Gasteiger partial charge in [0.1, 0.15) is 5.60 Å². The van der Waals surface area contributed by atoms with Crippen LogP contribution < -0.4 is 5.32 Å². The first-order chi connectivity index (χ1) is 10.8. The van der Waals surface area contributed by atoms with E-state index in [1.165, 1.54) is 5.56 Å². The molecular weight excluding hydrogens is 290 g/mol. The zero-order chi connectivity index (χ0) is 16.9. The highest BCUT2D eigenvalue weighted by Gasteiger charge is 2.34. The molecule has 0 aromatic carbocycles. The van der Waals surface area contributed by atoms with E-state index in [9.17, 15) is 4.79 Å². The molecule has 1 heterocycles. The van der Waals surface area contributed by atoms with Gasteiger partial charge in [-0.05, 0) is 65.1 Å². The maximum absolute atomic E-state index is 12.2. The van der Waals surface area contributed by atoms with Crippen LogP contribution in [-0.2, 0) is 11.3 Å². The van der Waals surface area contributed by atoms with Gasteiger partial charge in [0.25, 0.3) is 0 Å². The van der Waals surface area contributed by atoms with E-state index in [-0.39, 0.29) is 6.09 Å². The van der Waals surface area contributed by atoms with Gasteiger partial charge in [0.15, 0.2) is 0 Å². The number of pyridine rings is 1. The van der Waals surface area contributed by atoms with Crippen molar-refractivity contribution in [2.45, 2.75) is 65.1 Å². The van der Waals surface area contributed by atoms with Crippen molar-refractivity contribution < 1.29 is 9.53 Å². The van der Waals surface area contributed by atoms with E-state index in [4.69, 9.17) is 4.74 Å². The second-order valence-electron chi connectivity index (χ2n) is 7.24. The molecule has 1 N–H and O–H groups in total. The van der Waals surface area contributed by atoms with Gasteiger partial charge in [-0.2, -0.15) is 0 Å². The highest BCUT2D eigenvalue weighted by molar-refractivity contribution is 5.69. The Morgan fingerprint density at radius 1 is 1.39 bits per heavy atom. The predicted molar refractivity (Wildman–Crippen MR) is 91.3 cm³/mol. The highest BCUT2D eigenvalue weighted by atomic mass is 16.6. The predicted octanol–water partition coefficient (Wildman–Crippen LogP) is 3.27. The van der Waals surface area contributed by atoms with Crippen molar-refractivity contribution in [2.24, 2.45) is 0 Å². The lowest BCUT2D eigenvalue weighted by Crippen LogP contribution is -2.39. The molecule has 0 radical (unpaired) electrons. The Kier molecular flexibility index (Phi) is 5.99. The third-order valence-corrected chi connectivity index (χ3v) is 3.67. The number of hydrogen-bond donors (Lipinski definition) is 1. The number of nitrogens with zero attached hydrogens (tertiary/aromatic N) is 2. The number of rotatable bonds is 7.